The topological polar surface area (TPSA) is 71.3 Å². The molecule has 1 amide bonds. The molecule has 5 nitrogen and oxygen atoms in total. The summed E-state index contributed by atoms with van der Waals surface area (Å²) in [5, 5.41) is 11.9. The molecular formula is C16H18N2O3. The summed E-state index contributed by atoms with van der Waals surface area (Å²) < 4.78 is 1.42. The number of carboxylic acids is 1. The largest absolute Gasteiger partial charge is 0.477 e. The summed E-state index contributed by atoms with van der Waals surface area (Å²) in [5.74, 6) is -1.28. The first-order valence-electron chi connectivity index (χ1n) is 6.79. The van der Waals surface area contributed by atoms with Crippen LogP contribution in [0.2, 0.25) is 0 Å². The van der Waals surface area contributed by atoms with Gasteiger partial charge in [-0.05, 0) is 36.6 Å². The van der Waals surface area contributed by atoms with E-state index >= 15 is 0 Å². The highest BCUT2D eigenvalue weighted by Gasteiger charge is 2.13. The molecule has 1 aromatic heterocycles. The number of rotatable bonds is 5. The smallest absolute Gasteiger partial charge is 0.352 e. The predicted molar refractivity (Wildman–Crippen MR) is 80.6 cm³/mol. The number of para-hydroxylation sites is 1. The van der Waals surface area contributed by atoms with Gasteiger partial charge < -0.3 is 15.0 Å². The number of anilines is 1. The Morgan fingerprint density at radius 2 is 2.00 bits per heavy atom. The van der Waals surface area contributed by atoms with Gasteiger partial charge in [0.15, 0.2) is 0 Å². The van der Waals surface area contributed by atoms with Crippen LogP contribution in [0.4, 0.5) is 5.69 Å². The summed E-state index contributed by atoms with van der Waals surface area (Å²) in [7, 11) is 0. The van der Waals surface area contributed by atoms with Gasteiger partial charge in [-0.3, -0.25) is 4.79 Å². The average molecular weight is 286 g/mol. The zero-order chi connectivity index (χ0) is 15.4. The molecule has 0 saturated heterocycles. The van der Waals surface area contributed by atoms with Crippen LogP contribution in [0.1, 0.15) is 28.5 Å². The first-order valence-corrected chi connectivity index (χ1v) is 6.79. The van der Waals surface area contributed by atoms with Crippen LogP contribution in [0.15, 0.2) is 36.5 Å². The summed E-state index contributed by atoms with van der Waals surface area (Å²) in [5.41, 5.74) is 2.97. The minimum atomic E-state index is -1.04. The van der Waals surface area contributed by atoms with Gasteiger partial charge in [-0.1, -0.05) is 25.1 Å². The molecule has 1 aromatic carbocycles. The number of carboxylic acid groups (broad SMARTS) is 1. The Morgan fingerprint density at radius 3 is 2.67 bits per heavy atom. The van der Waals surface area contributed by atoms with Crippen LogP contribution < -0.4 is 5.32 Å². The number of nitrogens with one attached hydrogen (secondary N) is 1. The molecule has 0 spiro atoms. The molecule has 2 aromatic rings. The highest BCUT2D eigenvalue weighted by Crippen LogP contribution is 2.21. The summed E-state index contributed by atoms with van der Waals surface area (Å²) in [6.07, 6.45) is 2.41. The van der Waals surface area contributed by atoms with Crippen LogP contribution >= 0.6 is 0 Å². The predicted octanol–water partition coefficient (Wildman–Crippen LogP) is 2.70. The number of benzene rings is 1. The van der Waals surface area contributed by atoms with Gasteiger partial charge in [0.05, 0.1) is 0 Å². The summed E-state index contributed by atoms with van der Waals surface area (Å²) >= 11 is 0. The Balaban J connectivity index is 2.16. The molecule has 2 rings (SSSR count). The van der Waals surface area contributed by atoms with E-state index in [0.717, 1.165) is 23.2 Å². The standard InChI is InChI=1S/C16H18N2O3/c1-3-12-7-4-6-11(2)15(12)17-14(19)10-18-9-5-8-13(18)16(20)21/h4-9H,3,10H2,1-2H3,(H,17,19)(H,20,21). The number of carbonyl (C=O) groups is 2. The third kappa shape index (κ3) is 3.31. The number of aromatic nitrogens is 1. The van der Waals surface area contributed by atoms with Crippen molar-refractivity contribution in [3.63, 3.8) is 0 Å². The van der Waals surface area contributed by atoms with Crippen LogP contribution in [-0.4, -0.2) is 21.6 Å². The van der Waals surface area contributed by atoms with Crippen LogP contribution in [0.3, 0.4) is 0 Å². The Kier molecular flexibility index (Phi) is 4.42. The molecule has 0 bridgehead atoms. The van der Waals surface area contributed by atoms with Crippen molar-refractivity contribution in [2.75, 3.05) is 5.32 Å². The Hall–Kier alpha value is -2.56. The summed E-state index contributed by atoms with van der Waals surface area (Å²) in [6.45, 7) is 3.94. The maximum Gasteiger partial charge on any atom is 0.352 e. The average Bonchev–Trinajstić information content (AvgIpc) is 2.89. The van der Waals surface area contributed by atoms with E-state index in [1.807, 2.05) is 32.0 Å². The molecule has 0 fully saturated rings. The molecule has 0 aliphatic carbocycles. The van der Waals surface area contributed by atoms with Crippen LogP contribution in [0, 0.1) is 6.92 Å². The molecule has 0 aliphatic heterocycles. The van der Waals surface area contributed by atoms with Gasteiger partial charge >= 0.3 is 5.97 Å². The van der Waals surface area contributed by atoms with Crippen LogP contribution in [0.5, 0.6) is 0 Å². The normalized spacial score (nSPS) is 10.4. The number of aromatic carboxylic acids is 1. The van der Waals surface area contributed by atoms with Gasteiger partial charge in [0.25, 0.3) is 0 Å². The zero-order valence-corrected chi connectivity index (χ0v) is 12.1. The Morgan fingerprint density at radius 1 is 1.24 bits per heavy atom. The van der Waals surface area contributed by atoms with Crippen molar-refractivity contribution in [3.05, 3.63) is 53.3 Å². The summed E-state index contributed by atoms with van der Waals surface area (Å²) in [4.78, 5) is 23.2. The SMILES string of the molecule is CCc1cccc(C)c1NC(=O)Cn1cccc1C(=O)O. The van der Waals surface area contributed by atoms with Crippen molar-refractivity contribution in [1.82, 2.24) is 4.57 Å². The van der Waals surface area contributed by atoms with E-state index in [1.165, 1.54) is 10.6 Å². The maximum atomic E-state index is 12.2. The van der Waals surface area contributed by atoms with Gasteiger partial charge in [-0.25, -0.2) is 4.79 Å². The number of hydrogen-bond acceptors (Lipinski definition) is 2. The minimum Gasteiger partial charge on any atom is -0.477 e. The van der Waals surface area contributed by atoms with Crippen LogP contribution in [-0.2, 0) is 17.8 Å². The molecule has 1 heterocycles. The second-order valence-corrected chi connectivity index (χ2v) is 4.84. The lowest BCUT2D eigenvalue weighted by Crippen LogP contribution is -2.21. The third-order valence-electron chi connectivity index (χ3n) is 3.37. The molecule has 110 valence electrons. The number of aryl methyl sites for hydroxylation is 2. The van der Waals surface area contributed by atoms with Gasteiger partial charge in [0.2, 0.25) is 5.91 Å². The Bertz CT molecular complexity index is 674. The molecule has 0 radical (unpaired) electrons. The summed E-state index contributed by atoms with van der Waals surface area (Å²) in [6, 6.07) is 8.95. The second-order valence-electron chi connectivity index (χ2n) is 4.84. The highest BCUT2D eigenvalue weighted by molar-refractivity contribution is 5.93. The second kappa shape index (κ2) is 6.26. The van der Waals surface area contributed by atoms with E-state index in [9.17, 15) is 9.59 Å². The fourth-order valence-electron chi connectivity index (χ4n) is 2.28. The molecule has 0 unspecified atom stereocenters. The van der Waals surface area contributed by atoms with E-state index in [4.69, 9.17) is 5.11 Å². The Labute approximate surface area is 123 Å². The number of nitrogens with zero attached hydrogens (tertiary/aromatic N) is 1. The lowest BCUT2D eigenvalue weighted by Gasteiger charge is -2.13. The first kappa shape index (κ1) is 14.8. The van der Waals surface area contributed by atoms with Crippen molar-refractivity contribution in [2.45, 2.75) is 26.8 Å². The fourth-order valence-corrected chi connectivity index (χ4v) is 2.28. The van der Waals surface area contributed by atoms with E-state index in [-0.39, 0.29) is 18.1 Å². The van der Waals surface area contributed by atoms with Gasteiger partial charge in [-0.15, -0.1) is 0 Å². The quantitative estimate of drug-likeness (QED) is 0.887. The molecule has 5 heteroatoms. The highest BCUT2D eigenvalue weighted by atomic mass is 16.4. The van der Waals surface area contributed by atoms with E-state index in [2.05, 4.69) is 5.32 Å². The number of carbonyl (C=O) groups excluding carboxylic acids is 1. The molecule has 21 heavy (non-hydrogen) atoms. The number of amides is 1. The molecule has 2 N–H and O–H groups in total. The van der Waals surface area contributed by atoms with Crippen molar-refractivity contribution in [1.29, 1.82) is 0 Å². The fraction of sp³-hybridized carbons (Fsp3) is 0.250. The molecular weight excluding hydrogens is 268 g/mol. The molecule has 0 aliphatic rings. The van der Waals surface area contributed by atoms with Crippen molar-refractivity contribution in [3.8, 4) is 0 Å². The van der Waals surface area contributed by atoms with Gasteiger partial charge in [-0.2, -0.15) is 0 Å². The van der Waals surface area contributed by atoms with E-state index in [1.54, 1.807) is 12.3 Å². The first-order chi connectivity index (χ1) is 10.0. The monoisotopic (exact) mass is 286 g/mol. The van der Waals surface area contributed by atoms with Crippen molar-refractivity contribution < 1.29 is 14.7 Å². The molecule has 0 atom stereocenters. The van der Waals surface area contributed by atoms with Crippen molar-refractivity contribution >= 4 is 17.6 Å². The lowest BCUT2D eigenvalue weighted by molar-refractivity contribution is -0.116. The maximum absolute atomic E-state index is 12.2. The van der Waals surface area contributed by atoms with Gasteiger partial charge in [0.1, 0.15) is 12.2 Å². The number of hydrogen-bond donors (Lipinski definition) is 2. The van der Waals surface area contributed by atoms with E-state index < -0.39 is 5.97 Å². The van der Waals surface area contributed by atoms with Gasteiger partial charge in [0, 0.05) is 11.9 Å². The minimum absolute atomic E-state index is 0.0217. The molecule has 0 saturated carbocycles. The lowest BCUT2D eigenvalue weighted by atomic mass is 10.1. The van der Waals surface area contributed by atoms with Crippen LogP contribution in [0.25, 0.3) is 0 Å². The zero-order valence-electron chi connectivity index (χ0n) is 12.1. The van der Waals surface area contributed by atoms with Crippen molar-refractivity contribution in [2.24, 2.45) is 0 Å². The van der Waals surface area contributed by atoms with E-state index in [0.29, 0.717) is 0 Å². The third-order valence-corrected chi connectivity index (χ3v) is 3.37.